The number of likely N-dealkylation sites (tertiary alicyclic amines) is 1. The Balaban J connectivity index is 2.15. The smallest absolute Gasteiger partial charge is 0.295 e. The lowest BCUT2D eigenvalue weighted by Gasteiger charge is -2.26. The number of Topliss-reactive ketones (excluding diaryl/α,β-unsaturated/α-hetero) is 1. The number of hydrogen-bond donors (Lipinski definition) is 1. The van der Waals surface area contributed by atoms with Crippen LogP contribution in [0.4, 0.5) is 0 Å². The lowest BCUT2D eigenvalue weighted by atomic mass is 9.95. The van der Waals surface area contributed by atoms with Crippen molar-refractivity contribution in [2.75, 3.05) is 33.8 Å². The second-order valence-electron chi connectivity index (χ2n) is 7.55. The lowest BCUT2D eigenvalue weighted by molar-refractivity contribution is -0.140. The maximum atomic E-state index is 13.0. The molecule has 1 heterocycles. The largest absolute Gasteiger partial charge is 0.507 e. The fourth-order valence-corrected chi connectivity index (χ4v) is 4.07. The van der Waals surface area contributed by atoms with Gasteiger partial charge in [0.05, 0.1) is 33.3 Å². The Morgan fingerprint density at radius 3 is 2.38 bits per heavy atom. The van der Waals surface area contributed by atoms with Crippen molar-refractivity contribution in [3.8, 4) is 5.75 Å². The summed E-state index contributed by atoms with van der Waals surface area (Å²) in [5.74, 6) is -1.33. The molecule has 1 saturated heterocycles. The molecule has 1 atom stereocenters. The van der Waals surface area contributed by atoms with E-state index in [1.54, 1.807) is 30.3 Å². The maximum absolute atomic E-state index is 13.0. The number of halogens is 3. The van der Waals surface area contributed by atoms with Crippen molar-refractivity contribution in [1.29, 1.82) is 0 Å². The molecule has 1 aliphatic rings. The van der Waals surface area contributed by atoms with E-state index >= 15 is 0 Å². The maximum Gasteiger partial charge on any atom is 0.295 e. The molecule has 1 amide bonds. The third-order valence-electron chi connectivity index (χ3n) is 5.09. The number of benzene rings is 2. The molecule has 2 aromatic rings. The van der Waals surface area contributed by atoms with Crippen LogP contribution in [0.2, 0.25) is 15.1 Å². The highest BCUT2D eigenvalue weighted by Crippen LogP contribution is 2.41. The van der Waals surface area contributed by atoms with Crippen molar-refractivity contribution in [1.82, 2.24) is 9.80 Å². The number of ketones is 1. The Bertz CT molecular complexity index is 1080. The number of carbonyl (C=O) groups is 2. The SMILES string of the molecule is CCOc1ccc(C(O)=C2C(=O)C(=O)N(CCN(C)C)[C@@H]2c2ccc(Cl)c(Cl)c2)cc1Cl. The van der Waals surface area contributed by atoms with Crippen molar-refractivity contribution in [3.63, 3.8) is 0 Å². The summed E-state index contributed by atoms with van der Waals surface area (Å²) in [5, 5.41) is 12.0. The van der Waals surface area contributed by atoms with Gasteiger partial charge in [-0.2, -0.15) is 0 Å². The molecule has 32 heavy (non-hydrogen) atoms. The van der Waals surface area contributed by atoms with E-state index < -0.39 is 17.7 Å². The van der Waals surface area contributed by atoms with Gasteiger partial charge in [0.1, 0.15) is 11.5 Å². The van der Waals surface area contributed by atoms with Gasteiger partial charge >= 0.3 is 0 Å². The van der Waals surface area contributed by atoms with E-state index in [1.165, 1.54) is 11.0 Å². The number of carbonyl (C=O) groups excluding carboxylic acids is 2. The summed E-state index contributed by atoms with van der Waals surface area (Å²) < 4.78 is 5.43. The van der Waals surface area contributed by atoms with E-state index in [-0.39, 0.29) is 27.9 Å². The Morgan fingerprint density at radius 2 is 1.78 bits per heavy atom. The van der Waals surface area contributed by atoms with Gasteiger partial charge in [-0.3, -0.25) is 9.59 Å². The van der Waals surface area contributed by atoms with Crippen LogP contribution in [0.1, 0.15) is 24.1 Å². The molecule has 0 spiro atoms. The zero-order valence-corrected chi connectivity index (χ0v) is 20.1. The molecule has 0 saturated carbocycles. The fraction of sp³-hybridized carbons (Fsp3) is 0.304. The number of amides is 1. The van der Waals surface area contributed by atoms with Crippen LogP contribution in [-0.2, 0) is 9.59 Å². The quantitative estimate of drug-likeness (QED) is 0.330. The van der Waals surface area contributed by atoms with Gasteiger partial charge in [-0.15, -0.1) is 0 Å². The minimum absolute atomic E-state index is 0.0348. The molecule has 0 bridgehead atoms. The van der Waals surface area contributed by atoms with Crippen LogP contribution in [0.25, 0.3) is 5.76 Å². The number of likely N-dealkylation sites (N-methyl/N-ethyl adjacent to an activating group) is 1. The van der Waals surface area contributed by atoms with Crippen molar-refractivity contribution >= 4 is 52.3 Å². The summed E-state index contributed by atoms with van der Waals surface area (Å²) in [7, 11) is 3.74. The highest BCUT2D eigenvalue weighted by atomic mass is 35.5. The molecule has 6 nitrogen and oxygen atoms in total. The number of hydrogen-bond acceptors (Lipinski definition) is 5. The first kappa shape index (κ1) is 24.4. The van der Waals surface area contributed by atoms with E-state index in [9.17, 15) is 14.7 Å². The van der Waals surface area contributed by atoms with Crippen LogP contribution < -0.4 is 4.74 Å². The second-order valence-corrected chi connectivity index (χ2v) is 8.77. The van der Waals surface area contributed by atoms with E-state index in [0.29, 0.717) is 35.1 Å². The van der Waals surface area contributed by atoms with Crippen molar-refractivity contribution in [2.45, 2.75) is 13.0 Å². The monoisotopic (exact) mass is 496 g/mol. The first-order valence-electron chi connectivity index (χ1n) is 9.96. The third-order valence-corrected chi connectivity index (χ3v) is 6.13. The van der Waals surface area contributed by atoms with E-state index in [4.69, 9.17) is 39.5 Å². The first-order chi connectivity index (χ1) is 15.1. The zero-order valence-electron chi connectivity index (χ0n) is 17.9. The summed E-state index contributed by atoms with van der Waals surface area (Å²) in [6.07, 6.45) is 0. The topological polar surface area (TPSA) is 70.1 Å². The van der Waals surface area contributed by atoms with Crippen molar-refractivity contribution in [3.05, 3.63) is 68.2 Å². The first-order valence-corrected chi connectivity index (χ1v) is 11.1. The van der Waals surface area contributed by atoms with Crippen molar-refractivity contribution in [2.24, 2.45) is 0 Å². The normalized spacial score (nSPS) is 18.0. The van der Waals surface area contributed by atoms with E-state index in [0.717, 1.165) is 0 Å². The Labute approximate surface area is 201 Å². The number of rotatable bonds is 7. The summed E-state index contributed by atoms with van der Waals surface area (Å²) in [5.41, 5.74) is 0.831. The van der Waals surface area contributed by atoms with Gasteiger partial charge in [0, 0.05) is 18.7 Å². The van der Waals surface area contributed by atoms with Gasteiger partial charge in [-0.05, 0) is 56.9 Å². The van der Waals surface area contributed by atoms with Gasteiger partial charge in [-0.25, -0.2) is 0 Å². The molecule has 3 rings (SSSR count). The minimum atomic E-state index is -0.824. The minimum Gasteiger partial charge on any atom is -0.507 e. The molecule has 1 aliphatic heterocycles. The van der Waals surface area contributed by atoms with Crippen LogP contribution in [-0.4, -0.2) is 60.4 Å². The zero-order chi connectivity index (χ0) is 23.6. The highest BCUT2D eigenvalue weighted by molar-refractivity contribution is 6.47. The third kappa shape index (κ3) is 4.89. The summed E-state index contributed by atoms with van der Waals surface area (Å²) in [4.78, 5) is 29.3. The molecule has 0 aliphatic carbocycles. The molecule has 2 aromatic carbocycles. The molecule has 1 N–H and O–H groups in total. The molecule has 0 unspecified atom stereocenters. The molecular weight excluding hydrogens is 475 g/mol. The molecular formula is C23H23Cl3N2O4. The van der Waals surface area contributed by atoms with Crippen LogP contribution in [0.5, 0.6) is 5.75 Å². The van der Waals surface area contributed by atoms with Crippen molar-refractivity contribution < 1.29 is 19.4 Å². The predicted molar refractivity (Wildman–Crippen MR) is 127 cm³/mol. The van der Waals surface area contributed by atoms with Gasteiger partial charge in [0.2, 0.25) is 0 Å². The molecule has 1 fully saturated rings. The fourth-order valence-electron chi connectivity index (χ4n) is 3.52. The highest BCUT2D eigenvalue weighted by Gasteiger charge is 2.46. The van der Waals surface area contributed by atoms with Crippen LogP contribution >= 0.6 is 34.8 Å². The van der Waals surface area contributed by atoms with Crippen LogP contribution in [0.15, 0.2) is 42.0 Å². The lowest BCUT2D eigenvalue weighted by Crippen LogP contribution is -2.35. The Hall–Kier alpha value is -2.25. The number of nitrogens with zero attached hydrogens (tertiary/aromatic N) is 2. The molecule has 9 heteroatoms. The molecule has 0 radical (unpaired) electrons. The van der Waals surface area contributed by atoms with Gasteiger partial charge in [0.15, 0.2) is 0 Å². The summed E-state index contributed by atoms with van der Waals surface area (Å²) >= 11 is 18.5. The standard InChI is InChI=1S/C23H23Cl3N2O4/c1-4-32-18-8-6-14(12-17(18)26)21(29)19-20(13-5-7-15(24)16(25)11-13)28(10-9-27(2)3)23(31)22(19)30/h5-8,11-12,20,29H,4,9-10H2,1-3H3/t20-/m1/s1. The average molecular weight is 498 g/mol. The molecule has 170 valence electrons. The summed E-state index contributed by atoms with van der Waals surface area (Å²) in [6.45, 7) is 3.07. The summed E-state index contributed by atoms with van der Waals surface area (Å²) in [6, 6.07) is 8.76. The second kappa shape index (κ2) is 10.1. The van der Waals surface area contributed by atoms with Gasteiger partial charge in [-0.1, -0.05) is 40.9 Å². The Morgan fingerprint density at radius 1 is 1.06 bits per heavy atom. The van der Waals surface area contributed by atoms with E-state index in [1.807, 2.05) is 25.9 Å². The van der Waals surface area contributed by atoms with Gasteiger partial charge in [0.25, 0.3) is 11.7 Å². The number of ether oxygens (including phenoxy) is 1. The van der Waals surface area contributed by atoms with Crippen LogP contribution in [0.3, 0.4) is 0 Å². The van der Waals surface area contributed by atoms with Crippen LogP contribution in [0, 0.1) is 0 Å². The Kier molecular flexibility index (Phi) is 7.72. The number of aliphatic hydroxyl groups excluding tert-OH is 1. The van der Waals surface area contributed by atoms with Gasteiger partial charge < -0.3 is 19.6 Å². The average Bonchev–Trinajstić information content (AvgIpc) is 3.00. The van der Waals surface area contributed by atoms with E-state index in [2.05, 4.69) is 0 Å². The predicted octanol–water partition coefficient (Wildman–Crippen LogP) is 5.03. The number of aliphatic hydroxyl groups is 1. The molecule has 0 aromatic heterocycles.